The highest BCUT2D eigenvalue weighted by atomic mass is 35.5. The molecule has 1 N–H and O–H groups in total. The number of hydrogen-bond acceptors (Lipinski definition) is 4. The molecule has 0 aliphatic heterocycles. The Morgan fingerprint density at radius 1 is 0.970 bits per heavy atom. The van der Waals surface area contributed by atoms with Crippen molar-refractivity contribution in [3.05, 3.63) is 88.9 Å². The number of nitrogens with one attached hydrogen (secondary N) is 1. The summed E-state index contributed by atoms with van der Waals surface area (Å²) in [4.78, 5) is 12.8. The van der Waals surface area contributed by atoms with E-state index in [1.807, 2.05) is 31.2 Å². The smallest absolute Gasteiger partial charge is 0.264 e. The van der Waals surface area contributed by atoms with Crippen molar-refractivity contribution in [1.82, 2.24) is 5.32 Å². The number of ether oxygens (including phenoxy) is 1. The Balaban J connectivity index is 1.71. The SMILES string of the molecule is COc1ccc(N(CC(=O)NCCCc2ccc(Cl)cc2)S(=O)(=O)c2ccc(C)cc2)cc1. The molecular formula is C25H27ClN2O4S. The van der Waals surface area contributed by atoms with E-state index in [-0.39, 0.29) is 17.3 Å². The zero-order valence-corrected chi connectivity index (χ0v) is 20.2. The molecule has 0 bridgehead atoms. The van der Waals surface area contributed by atoms with E-state index in [4.69, 9.17) is 16.3 Å². The van der Waals surface area contributed by atoms with Gasteiger partial charge in [-0.3, -0.25) is 9.10 Å². The Labute approximate surface area is 200 Å². The van der Waals surface area contributed by atoms with Gasteiger partial charge in [0.2, 0.25) is 5.91 Å². The number of anilines is 1. The summed E-state index contributed by atoms with van der Waals surface area (Å²) < 4.78 is 33.0. The largest absolute Gasteiger partial charge is 0.497 e. The summed E-state index contributed by atoms with van der Waals surface area (Å²) in [5.41, 5.74) is 2.45. The van der Waals surface area contributed by atoms with Gasteiger partial charge in [-0.05, 0) is 73.9 Å². The van der Waals surface area contributed by atoms with Gasteiger partial charge in [-0.1, -0.05) is 41.4 Å². The average Bonchev–Trinajstić information content (AvgIpc) is 2.82. The van der Waals surface area contributed by atoms with E-state index >= 15 is 0 Å². The molecule has 0 atom stereocenters. The number of benzene rings is 3. The highest BCUT2D eigenvalue weighted by molar-refractivity contribution is 7.92. The number of halogens is 1. The lowest BCUT2D eigenvalue weighted by atomic mass is 10.1. The molecule has 3 aromatic rings. The van der Waals surface area contributed by atoms with Crippen LogP contribution in [0.15, 0.2) is 77.7 Å². The Morgan fingerprint density at radius 2 is 1.61 bits per heavy atom. The van der Waals surface area contributed by atoms with Crippen LogP contribution < -0.4 is 14.4 Å². The second kappa shape index (κ2) is 11.2. The van der Waals surface area contributed by atoms with Crippen LogP contribution in [0.3, 0.4) is 0 Å². The highest BCUT2D eigenvalue weighted by Gasteiger charge is 2.27. The maximum Gasteiger partial charge on any atom is 0.264 e. The predicted octanol–water partition coefficient (Wildman–Crippen LogP) is 4.60. The minimum atomic E-state index is -3.94. The van der Waals surface area contributed by atoms with Gasteiger partial charge in [0.1, 0.15) is 12.3 Å². The molecule has 0 heterocycles. The minimum absolute atomic E-state index is 0.124. The zero-order chi connectivity index (χ0) is 23.8. The summed E-state index contributed by atoms with van der Waals surface area (Å²) in [6.45, 7) is 1.99. The fourth-order valence-electron chi connectivity index (χ4n) is 3.26. The van der Waals surface area contributed by atoms with Crippen LogP contribution in [0, 0.1) is 6.92 Å². The van der Waals surface area contributed by atoms with E-state index in [1.54, 1.807) is 48.5 Å². The predicted molar refractivity (Wildman–Crippen MR) is 131 cm³/mol. The van der Waals surface area contributed by atoms with Crippen LogP contribution in [-0.2, 0) is 21.2 Å². The molecule has 0 aliphatic rings. The van der Waals surface area contributed by atoms with Crippen LogP contribution in [0.1, 0.15) is 17.5 Å². The van der Waals surface area contributed by atoms with Crippen molar-refractivity contribution >= 4 is 33.2 Å². The van der Waals surface area contributed by atoms with E-state index in [1.165, 1.54) is 7.11 Å². The summed E-state index contributed by atoms with van der Waals surface area (Å²) >= 11 is 5.90. The summed E-state index contributed by atoms with van der Waals surface area (Å²) in [6, 6.07) is 20.7. The Hall–Kier alpha value is -3.03. The van der Waals surface area contributed by atoms with Gasteiger partial charge in [0.25, 0.3) is 10.0 Å². The van der Waals surface area contributed by atoms with E-state index in [2.05, 4.69) is 5.32 Å². The molecule has 0 spiro atoms. The van der Waals surface area contributed by atoms with Crippen LogP contribution in [0.2, 0.25) is 5.02 Å². The molecule has 33 heavy (non-hydrogen) atoms. The number of aryl methyl sites for hydroxylation is 2. The molecule has 0 saturated heterocycles. The molecule has 0 aromatic heterocycles. The van der Waals surface area contributed by atoms with Crippen molar-refractivity contribution in [3.8, 4) is 5.75 Å². The lowest BCUT2D eigenvalue weighted by Gasteiger charge is -2.24. The van der Waals surface area contributed by atoms with Gasteiger partial charge in [-0.25, -0.2) is 8.42 Å². The molecule has 3 rings (SSSR count). The van der Waals surface area contributed by atoms with Gasteiger partial charge in [-0.2, -0.15) is 0 Å². The molecule has 174 valence electrons. The number of nitrogens with zero attached hydrogens (tertiary/aromatic N) is 1. The van der Waals surface area contributed by atoms with Crippen LogP contribution in [0.25, 0.3) is 0 Å². The Bertz CT molecular complexity index is 1160. The monoisotopic (exact) mass is 486 g/mol. The Kier molecular flexibility index (Phi) is 8.36. The minimum Gasteiger partial charge on any atom is -0.497 e. The summed E-state index contributed by atoms with van der Waals surface area (Å²) in [5, 5.41) is 3.50. The van der Waals surface area contributed by atoms with Crippen molar-refractivity contribution in [2.24, 2.45) is 0 Å². The molecule has 0 saturated carbocycles. The fourth-order valence-corrected chi connectivity index (χ4v) is 4.81. The van der Waals surface area contributed by atoms with Crippen LogP contribution >= 0.6 is 11.6 Å². The first-order chi connectivity index (χ1) is 15.8. The van der Waals surface area contributed by atoms with Crippen LogP contribution in [-0.4, -0.2) is 34.5 Å². The zero-order valence-electron chi connectivity index (χ0n) is 18.6. The number of sulfonamides is 1. The van der Waals surface area contributed by atoms with Gasteiger partial charge in [0, 0.05) is 11.6 Å². The van der Waals surface area contributed by atoms with Crippen LogP contribution in [0.4, 0.5) is 5.69 Å². The fraction of sp³-hybridized carbons (Fsp3) is 0.240. The normalized spacial score (nSPS) is 11.1. The Morgan fingerprint density at radius 3 is 2.21 bits per heavy atom. The first-order valence-electron chi connectivity index (χ1n) is 10.5. The summed E-state index contributed by atoms with van der Waals surface area (Å²) in [6.07, 6.45) is 1.50. The summed E-state index contributed by atoms with van der Waals surface area (Å²) in [7, 11) is -2.41. The lowest BCUT2D eigenvalue weighted by Crippen LogP contribution is -2.41. The van der Waals surface area contributed by atoms with Crippen molar-refractivity contribution in [1.29, 1.82) is 0 Å². The molecule has 3 aromatic carbocycles. The van der Waals surface area contributed by atoms with E-state index in [9.17, 15) is 13.2 Å². The summed E-state index contributed by atoms with van der Waals surface area (Å²) in [5.74, 6) is 0.218. The highest BCUT2D eigenvalue weighted by Crippen LogP contribution is 2.26. The molecular weight excluding hydrogens is 460 g/mol. The van der Waals surface area contributed by atoms with Gasteiger partial charge in [0.15, 0.2) is 0 Å². The van der Waals surface area contributed by atoms with E-state index in [0.717, 1.165) is 28.3 Å². The maximum atomic E-state index is 13.4. The second-order valence-electron chi connectivity index (χ2n) is 7.60. The molecule has 0 fully saturated rings. The van der Waals surface area contributed by atoms with Gasteiger partial charge >= 0.3 is 0 Å². The molecule has 0 aliphatic carbocycles. The number of carbonyl (C=O) groups is 1. The van der Waals surface area contributed by atoms with Gasteiger partial charge < -0.3 is 10.1 Å². The number of hydrogen-bond donors (Lipinski definition) is 1. The molecule has 8 heteroatoms. The first kappa shape index (κ1) is 24.6. The lowest BCUT2D eigenvalue weighted by molar-refractivity contribution is -0.119. The molecule has 0 radical (unpaired) electrons. The number of carbonyl (C=O) groups excluding carboxylic acids is 1. The van der Waals surface area contributed by atoms with Crippen molar-refractivity contribution in [2.75, 3.05) is 24.5 Å². The van der Waals surface area contributed by atoms with Gasteiger partial charge in [0.05, 0.1) is 17.7 Å². The van der Waals surface area contributed by atoms with Crippen molar-refractivity contribution < 1.29 is 17.9 Å². The van der Waals surface area contributed by atoms with E-state index in [0.29, 0.717) is 23.0 Å². The van der Waals surface area contributed by atoms with Crippen molar-refractivity contribution in [2.45, 2.75) is 24.7 Å². The van der Waals surface area contributed by atoms with Crippen LogP contribution in [0.5, 0.6) is 5.75 Å². The molecule has 0 unspecified atom stereocenters. The van der Waals surface area contributed by atoms with E-state index < -0.39 is 10.0 Å². The number of rotatable bonds is 10. The second-order valence-corrected chi connectivity index (χ2v) is 9.90. The number of amides is 1. The quantitative estimate of drug-likeness (QED) is 0.425. The molecule has 1 amide bonds. The molecule has 6 nitrogen and oxygen atoms in total. The van der Waals surface area contributed by atoms with Crippen molar-refractivity contribution in [3.63, 3.8) is 0 Å². The topological polar surface area (TPSA) is 75.7 Å². The van der Waals surface area contributed by atoms with Gasteiger partial charge in [-0.15, -0.1) is 0 Å². The standard InChI is InChI=1S/C25H27ClN2O4S/c1-19-5-15-24(16-6-19)33(30,31)28(22-11-13-23(32-2)14-12-22)18-25(29)27-17-3-4-20-7-9-21(26)10-8-20/h5-16H,3-4,17-18H2,1-2H3,(H,27,29). The maximum absolute atomic E-state index is 13.4. The third-order valence-electron chi connectivity index (χ3n) is 5.13. The third-order valence-corrected chi connectivity index (χ3v) is 7.17. The first-order valence-corrected chi connectivity index (χ1v) is 12.4. The number of methoxy groups -OCH3 is 1. The third kappa shape index (κ3) is 6.73. The average molecular weight is 487 g/mol.